The van der Waals surface area contributed by atoms with E-state index in [1.165, 1.54) is 25.3 Å². The van der Waals surface area contributed by atoms with Gasteiger partial charge in [0.15, 0.2) is 5.69 Å². The predicted molar refractivity (Wildman–Crippen MR) is 72.3 cm³/mol. The van der Waals surface area contributed by atoms with Crippen molar-refractivity contribution in [3.63, 3.8) is 0 Å². The molecule has 1 atom stereocenters. The predicted octanol–water partition coefficient (Wildman–Crippen LogP) is 0.879. The van der Waals surface area contributed by atoms with E-state index in [0.29, 0.717) is 0 Å². The van der Waals surface area contributed by atoms with Crippen LogP contribution in [0, 0.1) is 5.92 Å². The number of aromatic nitrogens is 1. The monoisotopic (exact) mass is 279 g/mol. The van der Waals surface area contributed by atoms with Gasteiger partial charge in [-0.3, -0.25) is 9.59 Å². The summed E-state index contributed by atoms with van der Waals surface area (Å²) >= 11 is 0. The summed E-state index contributed by atoms with van der Waals surface area (Å²) in [5, 5.41) is 14.0. The number of hydrogen-bond donors (Lipinski definition) is 3. The minimum Gasteiger partial charge on any atom is -0.476 e. The van der Waals surface area contributed by atoms with Crippen molar-refractivity contribution in [2.45, 2.75) is 26.8 Å². The molecule has 0 radical (unpaired) electrons. The Balaban J connectivity index is 2.94. The molecule has 1 aromatic rings. The summed E-state index contributed by atoms with van der Waals surface area (Å²) in [6, 6.07) is 2.22. The summed E-state index contributed by atoms with van der Waals surface area (Å²) in [6.07, 6.45) is 1.33. The van der Waals surface area contributed by atoms with Crippen LogP contribution in [0.4, 0.5) is 5.69 Å². The number of hydrogen-bond acceptors (Lipinski definition) is 4. The molecule has 3 N–H and O–H groups in total. The van der Waals surface area contributed by atoms with Crippen LogP contribution in [0.1, 0.15) is 31.3 Å². The first-order chi connectivity index (χ1) is 9.32. The van der Waals surface area contributed by atoms with Gasteiger partial charge >= 0.3 is 5.97 Å². The van der Waals surface area contributed by atoms with E-state index in [0.717, 1.165) is 0 Å². The Labute approximate surface area is 116 Å². The number of pyridine rings is 1. The molecule has 0 bridgehead atoms. The van der Waals surface area contributed by atoms with Crippen LogP contribution in [0.25, 0.3) is 0 Å². The molecule has 2 amide bonds. The number of carbonyl (C=O) groups excluding carboxylic acids is 2. The molecule has 0 aliphatic rings. The van der Waals surface area contributed by atoms with E-state index < -0.39 is 17.9 Å². The second-order valence-electron chi connectivity index (χ2n) is 4.62. The van der Waals surface area contributed by atoms with Gasteiger partial charge in [-0.05, 0) is 18.1 Å². The van der Waals surface area contributed by atoms with E-state index in [9.17, 15) is 14.4 Å². The molecular formula is C13H17N3O4. The van der Waals surface area contributed by atoms with Gasteiger partial charge in [0.05, 0.1) is 5.69 Å². The normalized spacial score (nSPS) is 11.8. The third kappa shape index (κ3) is 4.04. The second kappa shape index (κ2) is 6.65. The highest BCUT2D eigenvalue weighted by Gasteiger charge is 2.24. The van der Waals surface area contributed by atoms with Crippen LogP contribution in [0.15, 0.2) is 18.3 Å². The molecule has 0 fully saturated rings. The quantitative estimate of drug-likeness (QED) is 0.741. The van der Waals surface area contributed by atoms with Gasteiger partial charge in [0.1, 0.15) is 6.04 Å². The van der Waals surface area contributed by atoms with Gasteiger partial charge in [0.25, 0.3) is 0 Å². The molecule has 1 heterocycles. The first kappa shape index (κ1) is 15.6. The minimum absolute atomic E-state index is 0.0982. The number of anilines is 1. The van der Waals surface area contributed by atoms with Crippen molar-refractivity contribution in [2.75, 3.05) is 5.32 Å². The van der Waals surface area contributed by atoms with Crippen molar-refractivity contribution in [3.05, 3.63) is 24.0 Å². The maximum Gasteiger partial charge on any atom is 0.356 e. The minimum atomic E-state index is -1.23. The Morgan fingerprint density at radius 1 is 1.30 bits per heavy atom. The van der Waals surface area contributed by atoms with Crippen molar-refractivity contribution in [1.29, 1.82) is 0 Å². The summed E-state index contributed by atoms with van der Waals surface area (Å²) in [4.78, 5) is 37.9. The molecule has 0 spiro atoms. The van der Waals surface area contributed by atoms with Gasteiger partial charge in [-0.15, -0.1) is 0 Å². The summed E-state index contributed by atoms with van der Waals surface area (Å²) < 4.78 is 0. The van der Waals surface area contributed by atoms with E-state index in [-0.39, 0.29) is 23.2 Å². The van der Waals surface area contributed by atoms with Gasteiger partial charge in [-0.1, -0.05) is 13.8 Å². The van der Waals surface area contributed by atoms with Crippen molar-refractivity contribution in [1.82, 2.24) is 10.3 Å². The number of carbonyl (C=O) groups is 3. The second-order valence-corrected chi connectivity index (χ2v) is 4.62. The van der Waals surface area contributed by atoms with Crippen molar-refractivity contribution in [2.24, 2.45) is 5.92 Å². The first-order valence-electron chi connectivity index (χ1n) is 6.09. The molecule has 0 saturated carbocycles. The number of aromatic carboxylic acids is 1. The highest BCUT2D eigenvalue weighted by molar-refractivity contribution is 6.02. The van der Waals surface area contributed by atoms with E-state index in [1.807, 2.05) is 0 Å². The number of amides is 2. The fraction of sp³-hybridized carbons (Fsp3) is 0.385. The number of carboxylic acids is 1. The van der Waals surface area contributed by atoms with Crippen LogP contribution in [0.2, 0.25) is 0 Å². The zero-order valence-electron chi connectivity index (χ0n) is 11.5. The van der Waals surface area contributed by atoms with Crippen LogP contribution in [-0.4, -0.2) is 33.9 Å². The largest absolute Gasteiger partial charge is 0.476 e. The lowest BCUT2D eigenvalue weighted by molar-refractivity contribution is -0.126. The first-order valence-corrected chi connectivity index (χ1v) is 6.09. The highest BCUT2D eigenvalue weighted by atomic mass is 16.4. The highest BCUT2D eigenvalue weighted by Crippen LogP contribution is 2.14. The van der Waals surface area contributed by atoms with Gasteiger partial charge < -0.3 is 15.7 Å². The summed E-state index contributed by atoms with van der Waals surface area (Å²) in [5.74, 6) is -2.18. The van der Waals surface area contributed by atoms with E-state index in [2.05, 4.69) is 15.6 Å². The lowest BCUT2D eigenvalue weighted by Gasteiger charge is -2.21. The summed E-state index contributed by atoms with van der Waals surface area (Å²) in [7, 11) is 0. The number of rotatable bonds is 5. The fourth-order valence-corrected chi connectivity index (χ4v) is 1.64. The summed E-state index contributed by atoms with van der Waals surface area (Å²) in [6.45, 7) is 4.87. The van der Waals surface area contributed by atoms with Crippen LogP contribution < -0.4 is 10.6 Å². The molecule has 1 unspecified atom stereocenters. The third-order valence-electron chi connectivity index (χ3n) is 2.58. The molecule has 0 saturated heterocycles. The molecular weight excluding hydrogens is 262 g/mol. The number of nitrogens with zero attached hydrogens (tertiary/aromatic N) is 1. The molecule has 7 nitrogen and oxygen atoms in total. The lowest BCUT2D eigenvalue weighted by atomic mass is 10.0. The molecule has 0 aliphatic heterocycles. The average Bonchev–Trinajstić information content (AvgIpc) is 2.35. The van der Waals surface area contributed by atoms with E-state index >= 15 is 0 Å². The Morgan fingerprint density at radius 3 is 2.45 bits per heavy atom. The zero-order chi connectivity index (χ0) is 15.3. The zero-order valence-corrected chi connectivity index (χ0v) is 11.5. The van der Waals surface area contributed by atoms with E-state index in [4.69, 9.17) is 5.11 Å². The van der Waals surface area contributed by atoms with Crippen LogP contribution in [0.3, 0.4) is 0 Å². The van der Waals surface area contributed by atoms with Gasteiger partial charge in [0, 0.05) is 13.1 Å². The smallest absolute Gasteiger partial charge is 0.356 e. The Hall–Kier alpha value is -2.44. The molecule has 1 aromatic heterocycles. The van der Waals surface area contributed by atoms with Crippen LogP contribution in [0.5, 0.6) is 0 Å². The summed E-state index contributed by atoms with van der Waals surface area (Å²) in [5.41, 5.74) is -0.146. The Kier molecular flexibility index (Phi) is 5.19. The molecule has 1 rings (SSSR count). The molecule has 7 heteroatoms. The topological polar surface area (TPSA) is 108 Å². The molecule has 108 valence electrons. The van der Waals surface area contributed by atoms with Gasteiger partial charge in [-0.25, -0.2) is 9.78 Å². The van der Waals surface area contributed by atoms with Crippen molar-refractivity contribution < 1.29 is 19.5 Å². The van der Waals surface area contributed by atoms with Crippen molar-refractivity contribution >= 4 is 23.5 Å². The Morgan fingerprint density at radius 2 is 1.95 bits per heavy atom. The average molecular weight is 279 g/mol. The van der Waals surface area contributed by atoms with Crippen LogP contribution in [-0.2, 0) is 9.59 Å². The number of nitrogens with one attached hydrogen (secondary N) is 2. The van der Waals surface area contributed by atoms with Gasteiger partial charge in [0.2, 0.25) is 11.8 Å². The lowest BCUT2D eigenvalue weighted by Crippen LogP contribution is -2.46. The van der Waals surface area contributed by atoms with Crippen LogP contribution >= 0.6 is 0 Å². The fourth-order valence-electron chi connectivity index (χ4n) is 1.64. The molecule has 20 heavy (non-hydrogen) atoms. The Bertz CT molecular complexity index is 528. The van der Waals surface area contributed by atoms with Gasteiger partial charge in [-0.2, -0.15) is 0 Å². The maximum absolute atomic E-state index is 12.1. The standard InChI is InChI=1S/C13H17N3O4/c1-7(2)10(15-8(3)17)12(18)16-9-5-4-6-14-11(9)13(19)20/h4-7,10H,1-3H3,(H,15,17)(H,16,18)(H,19,20). The molecule has 0 aromatic carbocycles. The number of carboxylic acid groups (broad SMARTS) is 1. The maximum atomic E-state index is 12.1. The third-order valence-corrected chi connectivity index (χ3v) is 2.58. The molecule has 0 aliphatic carbocycles. The SMILES string of the molecule is CC(=O)NC(C(=O)Nc1cccnc1C(=O)O)C(C)C. The van der Waals surface area contributed by atoms with Crippen molar-refractivity contribution in [3.8, 4) is 0 Å². The van der Waals surface area contributed by atoms with E-state index in [1.54, 1.807) is 13.8 Å².